The van der Waals surface area contributed by atoms with Crippen LogP contribution in [0.1, 0.15) is 38.8 Å². The summed E-state index contributed by atoms with van der Waals surface area (Å²) in [5.74, 6) is -0.801. The number of para-hydroxylation sites is 1. The molecule has 3 rings (SSSR count). The Morgan fingerprint density at radius 1 is 0.865 bits per heavy atom. The van der Waals surface area contributed by atoms with Crippen molar-refractivity contribution in [2.75, 3.05) is 10.8 Å². The van der Waals surface area contributed by atoms with E-state index in [4.69, 9.17) is 0 Å². The number of nitrogens with one attached hydrogen (secondary N) is 1. The van der Waals surface area contributed by atoms with Gasteiger partial charge in [0, 0.05) is 12.1 Å². The second kappa shape index (κ2) is 11.6. The highest BCUT2D eigenvalue weighted by molar-refractivity contribution is 7.92. The molecular weight excluding hydrogens is 486 g/mol. The summed E-state index contributed by atoms with van der Waals surface area (Å²) in [4.78, 5) is 28.4. The van der Waals surface area contributed by atoms with Crippen molar-refractivity contribution in [3.63, 3.8) is 0 Å². The predicted octanol–water partition coefficient (Wildman–Crippen LogP) is 4.52. The van der Waals surface area contributed by atoms with Crippen molar-refractivity contribution in [3.8, 4) is 0 Å². The number of carbonyl (C=O) groups is 2. The molecule has 0 bridgehead atoms. The van der Waals surface area contributed by atoms with Crippen molar-refractivity contribution >= 4 is 27.5 Å². The molecule has 0 heterocycles. The average molecular weight is 522 g/mol. The summed E-state index contributed by atoms with van der Waals surface area (Å²) in [6, 6.07) is 23.5. The van der Waals surface area contributed by atoms with Crippen LogP contribution in [0.2, 0.25) is 0 Å². The van der Waals surface area contributed by atoms with Gasteiger partial charge in [0.25, 0.3) is 10.0 Å². The Morgan fingerprint density at radius 2 is 1.41 bits per heavy atom. The Hall–Kier alpha value is -3.65. The smallest absolute Gasteiger partial charge is 0.264 e. The fraction of sp³-hybridized carbons (Fsp3) is 0.310. The van der Waals surface area contributed by atoms with E-state index in [0.29, 0.717) is 5.69 Å². The van der Waals surface area contributed by atoms with E-state index < -0.39 is 34.1 Å². The van der Waals surface area contributed by atoms with Crippen LogP contribution >= 0.6 is 0 Å². The monoisotopic (exact) mass is 521 g/mol. The van der Waals surface area contributed by atoms with Crippen molar-refractivity contribution in [1.29, 1.82) is 0 Å². The lowest BCUT2D eigenvalue weighted by Gasteiger charge is -2.33. The molecule has 3 aromatic rings. The summed E-state index contributed by atoms with van der Waals surface area (Å²) in [6.45, 7) is 8.83. The van der Waals surface area contributed by atoms with Crippen molar-refractivity contribution in [2.24, 2.45) is 0 Å². The SMILES string of the molecule is Cc1ccc(S(=O)(=O)N(CC(=O)N(Cc2ccccc2)[C@H](C)C(=O)NC(C)(C)C)c2ccccc2)cc1. The predicted molar refractivity (Wildman–Crippen MR) is 147 cm³/mol. The van der Waals surface area contributed by atoms with Gasteiger partial charge in [0.15, 0.2) is 0 Å². The number of aryl methyl sites for hydroxylation is 1. The molecule has 0 aromatic heterocycles. The second-order valence-corrected chi connectivity index (χ2v) is 11.9. The molecule has 0 aliphatic rings. The maximum absolute atomic E-state index is 13.8. The lowest BCUT2D eigenvalue weighted by molar-refractivity contribution is -0.140. The van der Waals surface area contributed by atoms with Crippen LogP contribution in [-0.4, -0.2) is 43.3 Å². The molecule has 8 heteroatoms. The lowest BCUT2D eigenvalue weighted by Crippen LogP contribution is -2.54. The molecule has 2 amide bonds. The Labute approximate surface area is 220 Å². The van der Waals surface area contributed by atoms with Crippen LogP contribution in [0.25, 0.3) is 0 Å². The third-order valence-electron chi connectivity index (χ3n) is 5.79. The molecule has 3 aromatic carbocycles. The average Bonchev–Trinajstić information content (AvgIpc) is 2.85. The number of benzene rings is 3. The molecule has 0 radical (unpaired) electrons. The Bertz CT molecular complexity index is 1300. The van der Waals surface area contributed by atoms with Crippen LogP contribution < -0.4 is 9.62 Å². The topological polar surface area (TPSA) is 86.8 Å². The molecule has 0 fully saturated rings. The van der Waals surface area contributed by atoms with Crippen LogP contribution in [0.3, 0.4) is 0 Å². The van der Waals surface area contributed by atoms with Gasteiger partial charge in [-0.2, -0.15) is 0 Å². The van der Waals surface area contributed by atoms with E-state index in [2.05, 4.69) is 5.32 Å². The largest absolute Gasteiger partial charge is 0.350 e. The highest BCUT2D eigenvalue weighted by atomic mass is 32.2. The molecule has 1 N–H and O–H groups in total. The van der Waals surface area contributed by atoms with E-state index in [1.807, 2.05) is 58.0 Å². The zero-order valence-corrected chi connectivity index (χ0v) is 22.8. The van der Waals surface area contributed by atoms with Gasteiger partial charge in [-0.1, -0.05) is 66.2 Å². The first-order valence-corrected chi connectivity index (χ1v) is 13.6. The summed E-state index contributed by atoms with van der Waals surface area (Å²) in [5.41, 5.74) is 1.63. The fourth-order valence-electron chi connectivity index (χ4n) is 3.80. The van der Waals surface area contributed by atoms with Gasteiger partial charge in [0.05, 0.1) is 10.6 Å². The van der Waals surface area contributed by atoms with E-state index >= 15 is 0 Å². The normalized spacial score (nSPS) is 12.5. The zero-order chi connectivity index (χ0) is 27.2. The number of anilines is 1. The number of hydrogen-bond donors (Lipinski definition) is 1. The lowest BCUT2D eigenvalue weighted by atomic mass is 10.1. The Balaban J connectivity index is 1.99. The zero-order valence-electron chi connectivity index (χ0n) is 22.0. The Kier molecular flexibility index (Phi) is 8.76. The quantitative estimate of drug-likeness (QED) is 0.449. The molecule has 7 nitrogen and oxygen atoms in total. The number of sulfonamides is 1. The first kappa shape index (κ1) is 27.9. The highest BCUT2D eigenvalue weighted by Crippen LogP contribution is 2.24. The molecule has 0 aliphatic carbocycles. The molecule has 37 heavy (non-hydrogen) atoms. The van der Waals surface area contributed by atoms with E-state index in [0.717, 1.165) is 15.4 Å². The number of nitrogens with zero attached hydrogens (tertiary/aromatic N) is 2. The standard InChI is InChI=1S/C29H35N3O4S/c1-22-16-18-26(19-17-22)37(35,36)32(25-14-10-7-11-15-25)21-27(33)31(20-24-12-8-6-9-13-24)23(2)28(34)30-29(3,4)5/h6-19,23H,20-21H2,1-5H3,(H,30,34)/t23-/m1/s1. The Morgan fingerprint density at radius 3 is 1.95 bits per heavy atom. The minimum absolute atomic E-state index is 0.0860. The summed E-state index contributed by atoms with van der Waals surface area (Å²) < 4.78 is 28.6. The van der Waals surface area contributed by atoms with Gasteiger partial charge < -0.3 is 10.2 Å². The van der Waals surface area contributed by atoms with Crippen molar-refractivity contribution in [3.05, 3.63) is 96.1 Å². The van der Waals surface area contributed by atoms with Crippen LogP contribution in [0.4, 0.5) is 5.69 Å². The summed E-state index contributed by atoms with van der Waals surface area (Å²) in [7, 11) is -4.06. The number of hydrogen-bond acceptors (Lipinski definition) is 4. The van der Waals surface area contributed by atoms with Gasteiger partial charge in [0.2, 0.25) is 11.8 Å². The summed E-state index contributed by atoms with van der Waals surface area (Å²) in [6.07, 6.45) is 0. The molecule has 0 spiro atoms. The van der Waals surface area contributed by atoms with Crippen LogP contribution in [0, 0.1) is 6.92 Å². The summed E-state index contributed by atoms with van der Waals surface area (Å²) in [5, 5.41) is 2.92. The minimum atomic E-state index is -4.06. The molecular formula is C29H35N3O4S. The third kappa shape index (κ3) is 7.43. The highest BCUT2D eigenvalue weighted by Gasteiger charge is 2.33. The van der Waals surface area contributed by atoms with Crippen LogP contribution in [-0.2, 0) is 26.2 Å². The molecule has 0 saturated heterocycles. The number of amides is 2. The number of rotatable bonds is 9. The van der Waals surface area contributed by atoms with Gasteiger partial charge in [0.1, 0.15) is 12.6 Å². The maximum atomic E-state index is 13.8. The van der Waals surface area contributed by atoms with E-state index in [-0.39, 0.29) is 17.3 Å². The fourth-order valence-corrected chi connectivity index (χ4v) is 5.21. The van der Waals surface area contributed by atoms with E-state index in [9.17, 15) is 18.0 Å². The molecule has 1 atom stereocenters. The van der Waals surface area contributed by atoms with Gasteiger partial charge in [-0.3, -0.25) is 13.9 Å². The minimum Gasteiger partial charge on any atom is -0.350 e. The molecule has 0 aliphatic heterocycles. The van der Waals surface area contributed by atoms with Gasteiger partial charge in [-0.25, -0.2) is 8.42 Å². The van der Waals surface area contributed by atoms with Crippen molar-refractivity contribution < 1.29 is 18.0 Å². The van der Waals surface area contributed by atoms with Crippen LogP contribution in [0.15, 0.2) is 89.8 Å². The molecule has 0 saturated carbocycles. The summed E-state index contributed by atoms with van der Waals surface area (Å²) >= 11 is 0. The third-order valence-corrected chi connectivity index (χ3v) is 7.58. The first-order valence-electron chi connectivity index (χ1n) is 12.2. The first-order chi connectivity index (χ1) is 17.4. The van der Waals surface area contributed by atoms with Crippen molar-refractivity contribution in [1.82, 2.24) is 10.2 Å². The van der Waals surface area contributed by atoms with Gasteiger partial charge in [-0.15, -0.1) is 0 Å². The van der Waals surface area contributed by atoms with Gasteiger partial charge >= 0.3 is 0 Å². The molecule has 196 valence electrons. The molecule has 0 unspecified atom stereocenters. The van der Waals surface area contributed by atoms with E-state index in [1.165, 1.54) is 17.0 Å². The maximum Gasteiger partial charge on any atom is 0.264 e. The number of carbonyl (C=O) groups excluding carboxylic acids is 2. The van der Waals surface area contributed by atoms with Crippen LogP contribution in [0.5, 0.6) is 0 Å². The van der Waals surface area contributed by atoms with Gasteiger partial charge in [-0.05, 0) is 64.4 Å². The van der Waals surface area contributed by atoms with Crippen molar-refractivity contribution in [2.45, 2.75) is 57.6 Å². The van der Waals surface area contributed by atoms with E-state index in [1.54, 1.807) is 49.4 Å². The second-order valence-electron chi connectivity index (χ2n) is 10.1.